The van der Waals surface area contributed by atoms with Gasteiger partial charge in [-0.05, 0) is 30.3 Å². The minimum absolute atomic E-state index is 0.734. The molecule has 7 heteroatoms. The van der Waals surface area contributed by atoms with Crippen LogP contribution in [0.25, 0.3) is 5.82 Å². The fraction of sp³-hybridized carbons (Fsp3) is 0.294. The largest absolute Gasteiger partial charge is 0.353 e. The zero-order valence-corrected chi connectivity index (χ0v) is 13.4. The van der Waals surface area contributed by atoms with Gasteiger partial charge in [-0.25, -0.2) is 4.68 Å². The number of hydrogen-bond donors (Lipinski definition) is 0. The molecule has 1 fully saturated rings. The van der Waals surface area contributed by atoms with Gasteiger partial charge in [0.25, 0.3) is 0 Å². The molecule has 7 nitrogen and oxygen atoms in total. The molecule has 0 unspecified atom stereocenters. The van der Waals surface area contributed by atoms with Gasteiger partial charge in [-0.2, -0.15) is 5.10 Å². The molecule has 1 aliphatic heterocycles. The summed E-state index contributed by atoms with van der Waals surface area (Å²) in [5.41, 5.74) is 1.12. The second-order valence-corrected chi connectivity index (χ2v) is 5.78. The molecule has 3 aromatic rings. The highest BCUT2D eigenvalue weighted by atomic mass is 15.4. The average molecular weight is 321 g/mol. The summed E-state index contributed by atoms with van der Waals surface area (Å²) in [6.45, 7) is 4.79. The molecule has 0 amide bonds. The van der Waals surface area contributed by atoms with Gasteiger partial charge in [-0.1, -0.05) is 6.07 Å². The topological polar surface area (TPSA) is 63.0 Å². The van der Waals surface area contributed by atoms with E-state index >= 15 is 0 Å². The third-order valence-electron chi connectivity index (χ3n) is 4.18. The molecule has 3 aromatic heterocycles. The first-order valence-corrected chi connectivity index (χ1v) is 8.09. The van der Waals surface area contributed by atoms with Gasteiger partial charge in [0, 0.05) is 51.3 Å². The first-order chi connectivity index (χ1) is 11.9. The summed E-state index contributed by atoms with van der Waals surface area (Å²) in [5.74, 6) is 1.65. The predicted octanol–water partition coefficient (Wildman–Crippen LogP) is 1.38. The maximum Gasteiger partial charge on any atom is 0.175 e. The van der Waals surface area contributed by atoms with Crippen LogP contribution in [0.4, 0.5) is 5.82 Å². The summed E-state index contributed by atoms with van der Waals surface area (Å²) >= 11 is 0. The minimum Gasteiger partial charge on any atom is -0.353 e. The van der Waals surface area contributed by atoms with E-state index in [1.807, 2.05) is 42.7 Å². The smallest absolute Gasteiger partial charge is 0.175 e. The van der Waals surface area contributed by atoms with Crippen molar-refractivity contribution in [1.29, 1.82) is 0 Å². The van der Waals surface area contributed by atoms with Crippen molar-refractivity contribution in [2.24, 2.45) is 0 Å². The molecule has 24 heavy (non-hydrogen) atoms. The van der Waals surface area contributed by atoms with Crippen LogP contribution in [-0.4, -0.2) is 56.0 Å². The third-order valence-corrected chi connectivity index (χ3v) is 4.18. The lowest BCUT2D eigenvalue weighted by molar-refractivity contribution is 0.246. The van der Waals surface area contributed by atoms with Crippen LogP contribution < -0.4 is 4.90 Å². The van der Waals surface area contributed by atoms with Crippen LogP contribution in [0, 0.1) is 0 Å². The molecule has 0 spiro atoms. The van der Waals surface area contributed by atoms with Crippen molar-refractivity contribution >= 4 is 5.82 Å². The second kappa shape index (κ2) is 6.76. The van der Waals surface area contributed by atoms with Gasteiger partial charge in [0.1, 0.15) is 0 Å². The van der Waals surface area contributed by atoms with Crippen LogP contribution in [0.5, 0.6) is 0 Å². The molecular formula is C17H19N7. The van der Waals surface area contributed by atoms with Gasteiger partial charge < -0.3 is 4.90 Å². The van der Waals surface area contributed by atoms with Gasteiger partial charge in [0.2, 0.25) is 0 Å². The molecule has 0 N–H and O–H groups in total. The molecule has 0 aromatic carbocycles. The van der Waals surface area contributed by atoms with Crippen LogP contribution >= 0.6 is 0 Å². The number of anilines is 1. The Hall–Kier alpha value is -2.80. The number of piperazine rings is 1. The van der Waals surface area contributed by atoms with Crippen molar-refractivity contribution in [2.75, 3.05) is 31.1 Å². The van der Waals surface area contributed by atoms with Crippen LogP contribution in [0.15, 0.2) is 55.0 Å². The fourth-order valence-corrected chi connectivity index (χ4v) is 2.87. The lowest BCUT2D eigenvalue weighted by Gasteiger charge is -2.34. The first-order valence-electron chi connectivity index (χ1n) is 8.09. The van der Waals surface area contributed by atoms with E-state index in [4.69, 9.17) is 0 Å². The van der Waals surface area contributed by atoms with E-state index in [-0.39, 0.29) is 0 Å². The summed E-state index contributed by atoms with van der Waals surface area (Å²) in [4.78, 5) is 9.09. The molecule has 1 aliphatic rings. The SMILES string of the molecule is c1ccc(CN2CCN(c3ccc(-n4cccn4)nn3)CC2)nc1. The van der Waals surface area contributed by atoms with Crippen molar-refractivity contribution < 1.29 is 0 Å². The van der Waals surface area contributed by atoms with Crippen molar-refractivity contribution in [2.45, 2.75) is 6.54 Å². The van der Waals surface area contributed by atoms with Gasteiger partial charge in [-0.3, -0.25) is 9.88 Å². The monoisotopic (exact) mass is 321 g/mol. The highest BCUT2D eigenvalue weighted by molar-refractivity contribution is 5.40. The van der Waals surface area contributed by atoms with E-state index in [2.05, 4.69) is 36.1 Å². The standard InChI is InChI=1S/C17H19N7/c1-2-7-18-15(4-1)14-22-10-12-23(13-11-22)16-5-6-17(21-20-16)24-9-3-8-19-24/h1-9H,10-14H2. The molecule has 0 atom stereocenters. The van der Waals surface area contributed by atoms with E-state index in [0.717, 1.165) is 50.1 Å². The highest BCUT2D eigenvalue weighted by Crippen LogP contribution is 2.15. The molecule has 1 saturated heterocycles. The van der Waals surface area contributed by atoms with E-state index < -0.39 is 0 Å². The average Bonchev–Trinajstić information content (AvgIpc) is 3.18. The lowest BCUT2D eigenvalue weighted by Crippen LogP contribution is -2.46. The Balaban J connectivity index is 1.35. The third kappa shape index (κ3) is 3.26. The van der Waals surface area contributed by atoms with Gasteiger partial charge in [0.15, 0.2) is 11.6 Å². The van der Waals surface area contributed by atoms with Crippen LogP contribution in [-0.2, 0) is 6.54 Å². The number of aromatic nitrogens is 5. The summed E-state index contributed by atoms with van der Waals surface area (Å²) in [7, 11) is 0. The van der Waals surface area contributed by atoms with E-state index in [9.17, 15) is 0 Å². The first kappa shape index (κ1) is 14.8. The summed E-state index contributed by atoms with van der Waals surface area (Å²) in [6, 6.07) is 11.9. The summed E-state index contributed by atoms with van der Waals surface area (Å²) in [5, 5.41) is 12.8. The second-order valence-electron chi connectivity index (χ2n) is 5.78. The number of hydrogen-bond acceptors (Lipinski definition) is 6. The van der Waals surface area contributed by atoms with E-state index in [0.29, 0.717) is 0 Å². The quantitative estimate of drug-likeness (QED) is 0.723. The predicted molar refractivity (Wildman–Crippen MR) is 90.9 cm³/mol. The fourth-order valence-electron chi connectivity index (χ4n) is 2.87. The number of nitrogens with zero attached hydrogens (tertiary/aromatic N) is 7. The zero-order valence-electron chi connectivity index (χ0n) is 13.4. The lowest BCUT2D eigenvalue weighted by atomic mass is 10.2. The summed E-state index contributed by atoms with van der Waals surface area (Å²) < 4.78 is 1.71. The Morgan fingerprint density at radius 3 is 2.33 bits per heavy atom. The van der Waals surface area contributed by atoms with Gasteiger partial charge in [-0.15, -0.1) is 10.2 Å². The Bertz CT molecular complexity index is 747. The molecule has 4 rings (SSSR count). The normalized spacial score (nSPS) is 15.6. The van der Waals surface area contributed by atoms with Gasteiger partial charge in [0.05, 0.1) is 5.69 Å². The van der Waals surface area contributed by atoms with E-state index in [1.54, 1.807) is 10.9 Å². The molecule has 0 radical (unpaired) electrons. The molecule has 4 heterocycles. The molecule has 122 valence electrons. The number of rotatable bonds is 4. The summed E-state index contributed by atoms with van der Waals surface area (Å²) in [6.07, 6.45) is 5.44. The number of pyridine rings is 1. The maximum absolute atomic E-state index is 4.40. The van der Waals surface area contributed by atoms with Crippen molar-refractivity contribution in [3.05, 3.63) is 60.7 Å². The van der Waals surface area contributed by atoms with Crippen molar-refractivity contribution in [1.82, 2.24) is 29.9 Å². The highest BCUT2D eigenvalue weighted by Gasteiger charge is 2.18. The minimum atomic E-state index is 0.734. The molecule has 0 aliphatic carbocycles. The molecule has 0 bridgehead atoms. The maximum atomic E-state index is 4.40. The van der Waals surface area contributed by atoms with Crippen LogP contribution in [0.3, 0.4) is 0 Å². The Morgan fingerprint density at radius 2 is 1.67 bits per heavy atom. The molecular weight excluding hydrogens is 302 g/mol. The van der Waals surface area contributed by atoms with Gasteiger partial charge >= 0.3 is 0 Å². The van der Waals surface area contributed by atoms with Crippen LogP contribution in [0.2, 0.25) is 0 Å². The zero-order chi connectivity index (χ0) is 16.2. The van der Waals surface area contributed by atoms with Crippen molar-refractivity contribution in [3.8, 4) is 5.82 Å². The van der Waals surface area contributed by atoms with Crippen molar-refractivity contribution in [3.63, 3.8) is 0 Å². The Morgan fingerprint density at radius 1 is 0.833 bits per heavy atom. The van der Waals surface area contributed by atoms with Crippen LogP contribution in [0.1, 0.15) is 5.69 Å². The Kier molecular flexibility index (Phi) is 4.16. The molecule has 0 saturated carbocycles. The Labute approximate surface area is 140 Å². The van der Waals surface area contributed by atoms with E-state index in [1.165, 1.54) is 0 Å².